The summed E-state index contributed by atoms with van der Waals surface area (Å²) in [4.78, 5) is 20.8. The maximum Gasteiger partial charge on any atom is 0.272 e. The van der Waals surface area contributed by atoms with Gasteiger partial charge in [0, 0.05) is 31.6 Å². The molecule has 0 bridgehead atoms. The van der Waals surface area contributed by atoms with Crippen LogP contribution in [0.15, 0.2) is 72.8 Å². The predicted molar refractivity (Wildman–Crippen MR) is 149 cm³/mol. The van der Waals surface area contributed by atoms with Gasteiger partial charge in [0.15, 0.2) is 0 Å². The standard InChI is InChI=1S/C32H31FN4O2/c1-2-3-8-29-35-30(25-13-15-27(33)16-14-25)31(32(38)36-17-19-39-20-18-36)37(29)22-23-9-11-24(12-10-23)28-7-5-4-6-26(28)21-34/h4-7,9-16H,2-3,8,17-20,22H2,1H3. The van der Waals surface area contributed by atoms with Crippen molar-refractivity contribution < 1.29 is 13.9 Å². The molecule has 2 heterocycles. The molecule has 5 rings (SSSR count). The average Bonchev–Trinajstić information content (AvgIpc) is 3.34. The SMILES string of the molecule is CCCCc1nc(-c2ccc(F)cc2)c(C(=O)N2CCOCC2)n1Cc1ccc(-c2ccccc2C#N)cc1. The third-order valence-electron chi connectivity index (χ3n) is 7.07. The first-order valence-electron chi connectivity index (χ1n) is 13.4. The Bertz CT molecular complexity index is 1480. The monoisotopic (exact) mass is 522 g/mol. The lowest BCUT2D eigenvalue weighted by Gasteiger charge is -2.27. The fourth-order valence-electron chi connectivity index (χ4n) is 4.94. The van der Waals surface area contributed by atoms with E-state index in [2.05, 4.69) is 13.0 Å². The molecule has 1 amide bonds. The summed E-state index contributed by atoms with van der Waals surface area (Å²) in [6.45, 7) is 4.64. The van der Waals surface area contributed by atoms with Crippen LogP contribution in [0.1, 0.15) is 47.2 Å². The third-order valence-corrected chi connectivity index (χ3v) is 7.07. The van der Waals surface area contributed by atoms with Crippen molar-refractivity contribution in [3.05, 3.63) is 101 Å². The van der Waals surface area contributed by atoms with Gasteiger partial charge in [-0.05, 0) is 53.4 Å². The van der Waals surface area contributed by atoms with Gasteiger partial charge in [-0.25, -0.2) is 9.37 Å². The number of hydrogen-bond donors (Lipinski definition) is 0. The van der Waals surface area contributed by atoms with Gasteiger partial charge in [0.05, 0.1) is 24.8 Å². The van der Waals surface area contributed by atoms with E-state index in [1.807, 2.05) is 58.0 Å². The van der Waals surface area contributed by atoms with Gasteiger partial charge in [-0.2, -0.15) is 5.26 Å². The van der Waals surface area contributed by atoms with E-state index in [0.717, 1.165) is 41.8 Å². The first-order valence-corrected chi connectivity index (χ1v) is 13.4. The predicted octanol–water partition coefficient (Wildman–Crippen LogP) is 6.09. The molecule has 1 aromatic heterocycles. The minimum Gasteiger partial charge on any atom is -0.378 e. The maximum atomic E-state index is 14.0. The van der Waals surface area contributed by atoms with E-state index in [1.54, 1.807) is 12.1 Å². The van der Waals surface area contributed by atoms with Crippen LogP contribution in [0, 0.1) is 17.1 Å². The fourth-order valence-corrected chi connectivity index (χ4v) is 4.94. The summed E-state index contributed by atoms with van der Waals surface area (Å²) >= 11 is 0. The van der Waals surface area contributed by atoms with Crippen molar-refractivity contribution >= 4 is 5.91 Å². The van der Waals surface area contributed by atoms with E-state index < -0.39 is 0 Å². The number of hydrogen-bond acceptors (Lipinski definition) is 4. The summed E-state index contributed by atoms with van der Waals surface area (Å²) in [5.41, 5.74) is 5.32. The number of carbonyl (C=O) groups excluding carboxylic acids is 1. The number of amides is 1. The number of unbranched alkanes of at least 4 members (excludes halogenated alkanes) is 1. The Morgan fingerprint density at radius 1 is 1.00 bits per heavy atom. The second-order valence-electron chi connectivity index (χ2n) is 9.68. The van der Waals surface area contributed by atoms with Crippen LogP contribution < -0.4 is 0 Å². The van der Waals surface area contributed by atoms with Gasteiger partial charge in [-0.15, -0.1) is 0 Å². The molecular formula is C32H31FN4O2. The zero-order chi connectivity index (χ0) is 27.2. The number of benzene rings is 3. The Morgan fingerprint density at radius 2 is 1.69 bits per heavy atom. The highest BCUT2D eigenvalue weighted by molar-refractivity contribution is 5.99. The molecule has 3 aromatic carbocycles. The minimum absolute atomic E-state index is 0.0903. The zero-order valence-electron chi connectivity index (χ0n) is 22.1. The first-order chi connectivity index (χ1) is 19.1. The Kier molecular flexibility index (Phi) is 8.14. The van der Waals surface area contributed by atoms with E-state index in [4.69, 9.17) is 9.72 Å². The van der Waals surface area contributed by atoms with Crippen molar-refractivity contribution in [2.24, 2.45) is 0 Å². The van der Waals surface area contributed by atoms with Gasteiger partial charge < -0.3 is 14.2 Å². The molecule has 39 heavy (non-hydrogen) atoms. The lowest BCUT2D eigenvalue weighted by Crippen LogP contribution is -2.41. The highest BCUT2D eigenvalue weighted by Gasteiger charge is 2.29. The summed E-state index contributed by atoms with van der Waals surface area (Å²) in [6.07, 6.45) is 2.67. The number of morpholine rings is 1. The quantitative estimate of drug-likeness (QED) is 0.281. The van der Waals surface area contributed by atoms with Crippen LogP contribution in [0.2, 0.25) is 0 Å². The van der Waals surface area contributed by atoms with Gasteiger partial charge in [0.1, 0.15) is 23.0 Å². The zero-order valence-corrected chi connectivity index (χ0v) is 22.1. The Hall–Kier alpha value is -4.28. The number of aryl methyl sites for hydroxylation is 1. The number of nitrogens with zero attached hydrogens (tertiary/aromatic N) is 4. The summed E-state index contributed by atoms with van der Waals surface area (Å²) in [5, 5.41) is 9.51. The van der Waals surface area contributed by atoms with E-state index in [0.29, 0.717) is 55.4 Å². The molecule has 6 nitrogen and oxygen atoms in total. The highest BCUT2D eigenvalue weighted by Crippen LogP contribution is 2.29. The van der Waals surface area contributed by atoms with Crippen molar-refractivity contribution in [2.45, 2.75) is 32.7 Å². The molecule has 1 fully saturated rings. The summed E-state index contributed by atoms with van der Waals surface area (Å²) in [6, 6.07) is 24.1. The van der Waals surface area contributed by atoms with Gasteiger partial charge in [-0.3, -0.25) is 4.79 Å². The number of aromatic nitrogens is 2. The van der Waals surface area contributed by atoms with Gasteiger partial charge in [0.25, 0.3) is 5.91 Å². The maximum absolute atomic E-state index is 14.0. The van der Waals surface area contributed by atoms with Crippen LogP contribution in [0.25, 0.3) is 22.4 Å². The van der Waals surface area contributed by atoms with E-state index >= 15 is 0 Å². The Balaban J connectivity index is 1.57. The van der Waals surface area contributed by atoms with Gasteiger partial charge >= 0.3 is 0 Å². The largest absolute Gasteiger partial charge is 0.378 e. The molecule has 1 aliphatic rings. The Morgan fingerprint density at radius 3 is 2.38 bits per heavy atom. The Labute approximate surface area is 228 Å². The molecule has 0 aliphatic carbocycles. The minimum atomic E-state index is -0.330. The molecule has 1 saturated heterocycles. The molecule has 0 radical (unpaired) electrons. The number of imidazole rings is 1. The van der Waals surface area contributed by atoms with Crippen LogP contribution >= 0.6 is 0 Å². The molecule has 4 aromatic rings. The first kappa shape index (κ1) is 26.3. The molecular weight excluding hydrogens is 491 g/mol. The molecule has 198 valence electrons. The lowest BCUT2D eigenvalue weighted by molar-refractivity contribution is 0.0296. The van der Waals surface area contributed by atoms with Crippen LogP contribution in [-0.4, -0.2) is 46.7 Å². The number of carbonyl (C=O) groups is 1. The molecule has 0 spiro atoms. The summed E-state index contributed by atoms with van der Waals surface area (Å²) in [7, 11) is 0. The highest BCUT2D eigenvalue weighted by atomic mass is 19.1. The van der Waals surface area contributed by atoms with Crippen molar-refractivity contribution in [3.8, 4) is 28.5 Å². The van der Waals surface area contributed by atoms with E-state index in [1.165, 1.54) is 12.1 Å². The van der Waals surface area contributed by atoms with Crippen molar-refractivity contribution in [1.82, 2.24) is 14.5 Å². The average molecular weight is 523 g/mol. The number of ether oxygens (including phenoxy) is 1. The summed E-state index contributed by atoms with van der Waals surface area (Å²) < 4.78 is 21.3. The molecule has 0 atom stereocenters. The lowest BCUT2D eigenvalue weighted by atomic mass is 9.99. The van der Waals surface area contributed by atoms with Crippen molar-refractivity contribution in [1.29, 1.82) is 5.26 Å². The van der Waals surface area contributed by atoms with Crippen LogP contribution in [0.3, 0.4) is 0 Å². The second kappa shape index (κ2) is 12.1. The second-order valence-corrected chi connectivity index (χ2v) is 9.68. The number of rotatable bonds is 8. The van der Waals surface area contributed by atoms with Crippen molar-refractivity contribution in [2.75, 3.05) is 26.3 Å². The number of halogens is 1. The molecule has 7 heteroatoms. The third kappa shape index (κ3) is 5.76. The normalized spacial score (nSPS) is 13.3. The van der Waals surface area contributed by atoms with Crippen LogP contribution in [0.4, 0.5) is 4.39 Å². The van der Waals surface area contributed by atoms with Crippen LogP contribution in [0.5, 0.6) is 0 Å². The van der Waals surface area contributed by atoms with Gasteiger partial charge in [0.2, 0.25) is 0 Å². The molecule has 0 saturated carbocycles. The molecule has 1 aliphatic heterocycles. The van der Waals surface area contributed by atoms with Crippen molar-refractivity contribution in [3.63, 3.8) is 0 Å². The topological polar surface area (TPSA) is 71.2 Å². The van der Waals surface area contributed by atoms with Gasteiger partial charge in [-0.1, -0.05) is 55.8 Å². The van der Waals surface area contributed by atoms with E-state index in [-0.39, 0.29) is 11.7 Å². The summed E-state index contributed by atoms with van der Waals surface area (Å²) in [5.74, 6) is 0.419. The van der Waals surface area contributed by atoms with Crippen LogP contribution in [-0.2, 0) is 17.7 Å². The number of nitriles is 1. The smallest absolute Gasteiger partial charge is 0.272 e. The molecule has 0 N–H and O–H groups in total. The van der Waals surface area contributed by atoms with E-state index in [9.17, 15) is 14.4 Å². The fraction of sp³-hybridized carbons (Fsp3) is 0.281. The molecule has 0 unspecified atom stereocenters.